The molecule has 2 aliphatic rings. The van der Waals surface area contributed by atoms with Crippen LogP contribution >= 0.6 is 0 Å². The van der Waals surface area contributed by atoms with E-state index >= 15 is 0 Å². The zero-order chi connectivity index (χ0) is 18.4. The molecule has 2 N–H and O–H groups in total. The first-order valence-electron chi connectivity index (χ1n) is 9.38. The van der Waals surface area contributed by atoms with Crippen molar-refractivity contribution in [3.8, 4) is 0 Å². The Labute approximate surface area is 153 Å². The normalized spacial score (nSPS) is 19.4. The van der Waals surface area contributed by atoms with Gasteiger partial charge >= 0.3 is 0 Å². The van der Waals surface area contributed by atoms with Crippen LogP contribution in [-0.2, 0) is 16.1 Å². The summed E-state index contributed by atoms with van der Waals surface area (Å²) in [5.41, 5.74) is 5.74. The third-order valence-corrected chi connectivity index (χ3v) is 5.20. The largest absolute Gasteiger partial charge is 0.298 e. The first-order valence-corrected chi connectivity index (χ1v) is 9.38. The van der Waals surface area contributed by atoms with Gasteiger partial charge in [0, 0.05) is 31.1 Å². The lowest BCUT2D eigenvalue weighted by molar-refractivity contribution is -0.133. The van der Waals surface area contributed by atoms with Gasteiger partial charge in [0.25, 0.3) is 5.91 Å². The van der Waals surface area contributed by atoms with Crippen LogP contribution in [-0.4, -0.2) is 54.3 Å². The molecular weight excluding hydrogens is 335 g/mol. The first kappa shape index (κ1) is 18.8. The second-order valence-corrected chi connectivity index (χ2v) is 7.16. The molecule has 1 aromatic rings. The van der Waals surface area contributed by atoms with Gasteiger partial charge in [0.15, 0.2) is 0 Å². The predicted molar refractivity (Wildman–Crippen MR) is 96.4 cm³/mol. The minimum absolute atomic E-state index is 0.0560. The van der Waals surface area contributed by atoms with Crippen LogP contribution in [0.3, 0.4) is 0 Å². The average Bonchev–Trinajstić information content (AvgIpc) is 2.79. The number of carbonyl (C=O) groups is 2. The highest BCUT2D eigenvalue weighted by atomic mass is 19.1. The van der Waals surface area contributed by atoms with Crippen LogP contribution in [0.25, 0.3) is 0 Å². The van der Waals surface area contributed by atoms with Crippen molar-refractivity contribution in [2.75, 3.05) is 32.7 Å². The molecule has 1 saturated carbocycles. The van der Waals surface area contributed by atoms with E-state index in [-0.39, 0.29) is 30.1 Å². The highest BCUT2D eigenvalue weighted by Crippen LogP contribution is 2.25. The van der Waals surface area contributed by atoms with Crippen LogP contribution in [0.4, 0.5) is 4.39 Å². The Morgan fingerprint density at radius 1 is 1.00 bits per heavy atom. The maximum atomic E-state index is 13.8. The minimum atomic E-state index is -0.194. The van der Waals surface area contributed by atoms with Gasteiger partial charge in [-0.15, -0.1) is 0 Å². The monoisotopic (exact) mass is 362 g/mol. The highest BCUT2D eigenvalue weighted by Gasteiger charge is 2.25. The SMILES string of the molecule is O=C(CN1CCCN(Cc2ccccc2F)CC1)NNC(=O)C1CCC1. The quantitative estimate of drug-likeness (QED) is 0.775. The summed E-state index contributed by atoms with van der Waals surface area (Å²) in [6.45, 7) is 4.08. The molecule has 0 atom stereocenters. The van der Waals surface area contributed by atoms with Crippen molar-refractivity contribution in [2.24, 2.45) is 5.92 Å². The zero-order valence-electron chi connectivity index (χ0n) is 15.0. The molecule has 1 heterocycles. The lowest BCUT2D eigenvalue weighted by Gasteiger charge is -2.25. The van der Waals surface area contributed by atoms with E-state index in [0.717, 1.165) is 51.9 Å². The number of halogens is 1. The molecule has 1 aliphatic carbocycles. The van der Waals surface area contributed by atoms with Gasteiger partial charge in [0.2, 0.25) is 5.91 Å². The van der Waals surface area contributed by atoms with Crippen LogP contribution in [0.5, 0.6) is 0 Å². The fraction of sp³-hybridized carbons (Fsp3) is 0.579. The van der Waals surface area contributed by atoms with Gasteiger partial charge in [-0.2, -0.15) is 0 Å². The topological polar surface area (TPSA) is 64.7 Å². The minimum Gasteiger partial charge on any atom is -0.298 e. The molecule has 26 heavy (non-hydrogen) atoms. The van der Waals surface area contributed by atoms with Crippen LogP contribution in [0.1, 0.15) is 31.2 Å². The number of benzene rings is 1. The van der Waals surface area contributed by atoms with E-state index in [2.05, 4.69) is 20.7 Å². The third-order valence-electron chi connectivity index (χ3n) is 5.20. The summed E-state index contributed by atoms with van der Waals surface area (Å²) in [5, 5.41) is 0. The van der Waals surface area contributed by atoms with Gasteiger partial charge in [0.05, 0.1) is 6.54 Å². The van der Waals surface area contributed by atoms with Gasteiger partial charge in [0.1, 0.15) is 5.82 Å². The molecule has 2 amide bonds. The summed E-state index contributed by atoms with van der Waals surface area (Å²) in [4.78, 5) is 28.1. The predicted octanol–water partition coefficient (Wildman–Crippen LogP) is 1.28. The summed E-state index contributed by atoms with van der Waals surface area (Å²) >= 11 is 0. The van der Waals surface area contributed by atoms with Gasteiger partial charge in [-0.3, -0.25) is 30.2 Å². The molecule has 0 bridgehead atoms. The second-order valence-electron chi connectivity index (χ2n) is 7.16. The molecule has 6 nitrogen and oxygen atoms in total. The standard InChI is InChI=1S/C19H27FN4O2/c20-17-8-2-1-5-16(17)13-23-9-4-10-24(12-11-23)14-18(25)21-22-19(26)15-6-3-7-15/h1-2,5,8,15H,3-4,6-7,9-14H2,(H,21,25)(H,22,26). The van der Waals surface area contributed by atoms with E-state index in [1.54, 1.807) is 6.07 Å². The van der Waals surface area contributed by atoms with Gasteiger partial charge < -0.3 is 0 Å². The van der Waals surface area contributed by atoms with Crippen molar-refractivity contribution in [1.82, 2.24) is 20.7 Å². The summed E-state index contributed by atoms with van der Waals surface area (Å²) in [5.74, 6) is -0.396. The molecule has 1 aliphatic heterocycles. The molecule has 0 unspecified atom stereocenters. The van der Waals surface area contributed by atoms with E-state index < -0.39 is 0 Å². The number of nitrogens with zero attached hydrogens (tertiary/aromatic N) is 2. The summed E-state index contributed by atoms with van der Waals surface area (Å²) in [6.07, 6.45) is 3.83. The molecule has 0 spiro atoms. The highest BCUT2D eigenvalue weighted by molar-refractivity contribution is 5.84. The fourth-order valence-corrected chi connectivity index (χ4v) is 3.35. The van der Waals surface area contributed by atoms with E-state index in [1.165, 1.54) is 6.07 Å². The van der Waals surface area contributed by atoms with E-state index in [9.17, 15) is 14.0 Å². The van der Waals surface area contributed by atoms with Crippen LogP contribution in [0.15, 0.2) is 24.3 Å². The summed E-state index contributed by atoms with van der Waals surface area (Å²) in [7, 11) is 0. The van der Waals surface area contributed by atoms with Gasteiger partial charge in [-0.25, -0.2) is 4.39 Å². The number of rotatable bonds is 5. The van der Waals surface area contributed by atoms with Gasteiger partial charge in [-0.05, 0) is 38.4 Å². The van der Waals surface area contributed by atoms with Crippen LogP contribution in [0, 0.1) is 11.7 Å². The number of carbonyl (C=O) groups excluding carboxylic acids is 2. The molecule has 1 aromatic carbocycles. The summed E-state index contributed by atoms with van der Waals surface area (Å²) < 4.78 is 13.8. The van der Waals surface area contributed by atoms with Gasteiger partial charge in [-0.1, -0.05) is 24.6 Å². The molecule has 3 rings (SSSR count). The molecule has 2 fully saturated rings. The maximum absolute atomic E-state index is 13.8. The molecule has 0 radical (unpaired) electrons. The number of hydrazine groups is 1. The number of amides is 2. The molecular formula is C19H27FN4O2. The van der Waals surface area contributed by atoms with E-state index in [1.807, 2.05) is 12.1 Å². The Morgan fingerprint density at radius 2 is 1.73 bits per heavy atom. The Bertz CT molecular complexity index is 636. The van der Waals surface area contributed by atoms with E-state index in [4.69, 9.17) is 0 Å². The molecule has 0 aromatic heterocycles. The molecule has 7 heteroatoms. The summed E-state index contributed by atoms with van der Waals surface area (Å²) in [6, 6.07) is 6.86. The van der Waals surface area contributed by atoms with Crippen molar-refractivity contribution in [3.63, 3.8) is 0 Å². The van der Waals surface area contributed by atoms with Crippen molar-refractivity contribution >= 4 is 11.8 Å². The van der Waals surface area contributed by atoms with Crippen LogP contribution < -0.4 is 10.9 Å². The van der Waals surface area contributed by atoms with Crippen molar-refractivity contribution < 1.29 is 14.0 Å². The lowest BCUT2D eigenvalue weighted by atomic mass is 9.85. The lowest BCUT2D eigenvalue weighted by Crippen LogP contribution is -2.49. The Balaban J connectivity index is 1.39. The van der Waals surface area contributed by atoms with Crippen molar-refractivity contribution in [3.05, 3.63) is 35.6 Å². The Morgan fingerprint density at radius 3 is 2.46 bits per heavy atom. The average molecular weight is 362 g/mol. The van der Waals surface area contributed by atoms with Crippen molar-refractivity contribution in [1.29, 1.82) is 0 Å². The Kier molecular flexibility index (Phi) is 6.57. The zero-order valence-corrected chi connectivity index (χ0v) is 15.0. The molecule has 1 saturated heterocycles. The number of hydrogen-bond acceptors (Lipinski definition) is 4. The molecule has 142 valence electrons. The van der Waals surface area contributed by atoms with Crippen molar-refractivity contribution in [2.45, 2.75) is 32.2 Å². The second kappa shape index (κ2) is 9.09. The first-order chi connectivity index (χ1) is 12.6. The van der Waals surface area contributed by atoms with Crippen LogP contribution in [0.2, 0.25) is 0 Å². The third kappa shape index (κ3) is 5.25. The Hall–Kier alpha value is -1.99. The fourth-order valence-electron chi connectivity index (χ4n) is 3.35. The smallest absolute Gasteiger partial charge is 0.252 e. The number of nitrogens with one attached hydrogen (secondary N) is 2. The van der Waals surface area contributed by atoms with E-state index in [0.29, 0.717) is 12.1 Å². The number of hydrogen-bond donors (Lipinski definition) is 2. The maximum Gasteiger partial charge on any atom is 0.252 e.